The Morgan fingerprint density at radius 1 is 0.967 bits per heavy atom. The van der Waals surface area contributed by atoms with Gasteiger partial charge in [-0.2, -0.15) is 26.3 Å². The van der Waals surface area contributed by atoms with Gasteiger partial charge in [0.25, 0.3) is 0 Å². The van der Waals surface area contributed by atoms with Crippen molar-refractivity contribution in [1.29, 1.82) is 0 Å². The maximum atomic E-state index is 13.0. The molecule has 0 radical (unpaired) electrons. The lowest BCUT2D eigenvalue weighted by molar-refractivity contribution is -0.143. The molecule has 0 unspecified atom stereocenters. The molecule has 0 aromatic heterocycles. The van der Waals surface area contributed by atoms with Crippen molar-refractivity contribution >= 4 is 23.3 Å². The van der Waals surface area contributed by atoms with E-state index in [0.29, 0.717) is 12.1 Å². The van der Waals surface area contributed by atoms with Gasteiger partial charge in [-0.05, 0) is 37.3 Å². The second-order valence-electron chi connectivity index (χ2n) is 6.31. The van der Waals surface area contributed by atoms with Gasteiger partial charge in [-0.1, -0.05) is 18.2 Å². The number of carbonyl (C=O) groups is 2. The maximum Gasteiger partial charge on any atom is 0.416 e. The number of carboxylic acid groups (broad SMARTS) is 1. The number of hydrogen-bond acceptors (Lipinski definition) is 3. The minimum absolute atomic E-state index is 0.0294. The third-order valence-corrected chi connectivity index (χ3v) is 3.97. The molecule has 0 aliphatic heterocycles. The van der Waals surface area contributed by atoms with E-state index in [2.05, 4.69) is 5.32 Å². The van der Waals surface area contributed by atoms with E-state index in [1.54, 1.807) is 6.07 Å². The lowest BCUT2D eigenvalue weighted by atomic mass is 10.1. The zero-order valence-electron chi connectivity index (χ0n) is 15.4. The van der Waals surface area contributed by atoms with Crippen LogP contribution >= 0.6 is 0 Å². The van der Waals surface area contributed by atoms with Crippen molar-refractivity contribution in [3.8, 4) is 0 Å². The lowest BCUT2D eigenvalue weighted by Gasteiger charge is -2.26. The molecule has 0 saturated carbocycles. The van der Waals surface area contributed by atoms with Crippen LogP contribution in [0.1, 0.15) is 18.1 Å². The molecule has 2 aromatic carbocycles. The normalized spacial score (nSPS) is 12.9. The van der Waals surface area contributed by atoms with E-state index < -0.39 is 53.6 Å². The van der Waals surface area contributed by atoms with E-state index in [0.717, 1.165) is 4.90 Å². The highest BCUT2D eigenvalue weighted by Gasteiger charge is 2.37. The van der Waals surface area contributed by atoms with Gasteiger partial charge in [-0.15, -0.1) is 0 Å². The molecular weight excluding hydrogens is 418 g/mol. The summed E-state index contributed by atoms with van der Waals surface area (Å²) in [6.45, 7) is 0.457. The number of halogens is 6. The fraction of sp³-hybridized carbons (Fsp3) is 0.263. The monoisotopic (exact) mass is 434 g/mol. The number of amides is 1. The lowest BCUT2D eigenvalue weighted by Crippen LogP contribution is -2.44. The first-order valence-corrected chi connectivity index (χ1v) is 8.43. The topological polar surface area (TPSA) is 69.6 Å². The Morgan fingerprint density at radius 2 is 1.47 bits per heavy atom. The van der Waals surface area contributed by atoms with Crippen LogP contribution in [0.4, 0.5) is 37.7 Å². The quantitative estimate of drug-likeness (QED) is 0.650. The summed E-state index contributed by atoms with van der Waals surface area (Å²) in [5, 5.41) is 11.4. The predicted molar refractivity (Wildman–Crippen MR) is 96.0 cm³/mol. The third-order valence-electron chi connectivity index (χ3n) is 3.97. The van der Waals surface area contributed by atoms with Gasteiger partial charge in [0.2, 0.25) is 5.91 Å². The summed E-state index contributed by atoms with van der Waals surface area (Å²) in [4.78, 5) is 24.7. The van der Waals surface area contributed by atoms with Crippen molar-refractivity contribution in [2.24, 2.45) is 0 Å². The van der Waals surface area contributed by atoms with Crippen molar-refractivity contribution in [3.63, 3.8) is 0 Å². The summed E-state index contributed by atoms with van der Waals surface area (Å²) in [5.74, 6) is -2.20. The second-order valence-corrected chi connectivity index (χ2v) is 6.31. The smallest absolute Gasteiger partial charge is 0.416 e. The number of anilines is 2. The molecule has 2 N–H and O–H groups in total. The molecule has 1 atom stereocenters. The molecular formula is C19H16F6N2O3. The van der Waals surface area contributed by atoms with Crippen LogP contribution in [0.25, 0.3) is 0 Å². The molecule has 1 amide bonds. The van der Waals surface area contributed by atoms with Crippen LogP contribution in [-0.4, -0.2) is 29.6 Å². The Hall–Kier alpha value is -3.24. The number of aliphatic carboxylic acids is 1. The molecule has 0 heterocycles. The Bertz CT molecular complexity index is 880. The van der Waals surface area contributed by atoms with Crippen LogP contribution in [0.2, 0.25) is 0 Å². The average Bonchev–Trinajstić information content (AvgIpc) is 2.64. The summed E-state index contributed by atoms with van der Waals surface area (Å²) in [6, 6.07) is 7.13. The number of carbonyl (C=O) groups excluding carboxylic acids is 1. The van der Waals surface area contributed by atoms with E-state index in [1.807, 2.05) is 0 Å². The van der Waals surface area contributed by atoms with Gasteiger partial charge in [0.1, 0.15) is 12.6 Å². The Labute approximate surface area is 166 Å². The standard InChI is InChI=1S/C19H16F6N2O3/c1-11(17(30)27(10-16(28)29)15-5-3-2-4-6-15)26-14-8-12(18(20,21)22)7-13(9-14)19(23,24)25/h2-9,11,26H,10H2,1H3,(H,28,29)/t11-/m0/s1. The second kappa shape index (κ2) is 8.64. The summed E-state index contributed by atoms with van der Waals surface area (Å²) < 4.78 is 77.9. The van der Waals surface area contributed by atoms with Crippen molar-refractivity contribution in [1.82, 2.24) is 0 Å². The maximum absolute atomic E-state index is 13.0. The summed E-state index contributed by atoms with van der Waals surface area (Å²) >= 11 is 0. The van der Waals surface area contributed by atoms with Gasteiger partial charge in [0.05, 0.1) is 11.1 Å². The van der Waals surface area contributed by atoms with E-state index in [-0.39, 0.29) is 11.8 Å². The Morgan fingerprint density at radius 3 is 1.90 bits per heavy atom. The number of nitrogens with zero attached hydrogens (tertiary/aromatic N) is 1. The number of alkyl halides is 6. The SMILES string of the molecule is C[C@H](Nc1cc(C(F)(F)F)cc(C(F)(F)F)c1)C(=O)N(CC(=O)O)c1ccccc1. The van der Waals surface area contributed by atoms with Gasteiger partial charge in [0.15, 0.2) is 0 Å². The van der Waals surface area contributed by atoms with Gasteiger partial charge in [-0.25, -0.2) is 0 Å². The number of benzene rings is 2. The highest BCUT2D eigenvalue weighted by Crippen LogP contribution is 2.37. The first-order chi connectivity index (χ1) is 13.8. The van der Waals surface area contributed by atoms with Crippen molar-refractivity contribution in [3.05, 3.63) is 59.7 Å². The largest absolute Gasteiger partial charge is 0.480 e. The molecule has 0 saturated heterocycles. The van der Waals surface area contributed by atoms with E-state index in [9.17, 15) is 35.9 Å². The van der Waals surface area contributed by atoms with Gasteiger partial charge >= 0.3 is 18.3 Å². The minimum Gasteiger partial charge on any atom is -0.480 e. The van der Waals surface area contributed by atoms with Gasteiger partial charge < -0.3 is 10.4 Å². The van der Waals surface area contributed by atoms with E-state index >= 15 is 0 Å². The predicted octanol–water partition coefficient (Wildman–Crippen LogP) is 4.64. The fourth-order valence-electron chi connectivity index (χ4n) is 2.62. The van der Waals surface area contributed by atoms with Crippen LogP contribution in [0, 0.1) is 0 Å². The highest BCUT2D eigenvalue weighted by atomic mass is 19.4. The zero-order chi connectivity index (χ0) is 22.7. The number of carboxylic acids is 1. The van der Waals surface area contributed by atoms with E-state index in [1.165, 1.54) is 31.2 Å². The minimum atomic E-state index is -5.04. The van der Waals surface area contributed by atoms with Crippen LogP contribution in [-0.2, 0) is 21.9 Å². The van der Waals surface area contributed by atoms with Gasteiger partial charge in [0, 0.05) is 11.4 Å². The average molecular weight is 434 g/mol. The van der Waals surface area contributed by atoms with E-state index in [4.69, 9.17) is 5.11 Å². The van der Waals surface area contributed by atoms with Crippen molar-refractivity contribution < 1.29 is 41.0 Å². The number of para-hydroxylation sites is 1. The van der Waals surface area contributed by atoms with Crippen LogP contribution in [0.5, 0.6) is 0 Å². The molecule has 30 heavy (non-hydrogen) atoms. The van der Waals surface area contributed by atoms with Crippen LogP contribution < -0.4 is 10.2 Å². The number of hydrogen-bond donors (Lipinski definition) is 2. The molecule has 0 spiro atoms. The highest BCUT2D eigenvalue weighted by molar-refractivity contribution is 6.01. The van der Waals surface area contributed by atoms with Crippen LogP contribution in [0.15, 0.2) is 48.5 Å². The van der Waals surface area contributed by atoms with Crippen molar-refractivity contribution in [2.75, 3.05) is 16.8 Å². The zero-order valence-corrected chi connectivity index (χ0v) is 15.4. The summed E-state index contributed by atoms with van der Waals surface area (Å²) in [5.41, 5.74) is -3.45. The molecule has 0 fully saturated rings. The number of rotatable bonds is 6. The first-order valence-electron chi connectivity index (χ1n) is 8.43. The number of nitrogens with one attached hydrogen (secondary N) is 1. The Balaban J connectivity index is 2.36. The third kappa shape index (κ3) is 5.88. The van der Waals surface area contributed by atoms with Crippen molar-refractivity contribution in [2.45, 2.75) is 25.3 Å². The first kappa shape index (κ1) is 23.0. The molecule has 5 nitrogen and oxygen atoms in total. The van der Waals surface area contributed by atoms with Gasteiger partial charge in [-0.3, -0.25) is 14.5 Å². The molecule has 2 rings (SSSR count). The summed E-state index contributed by atoms with van der Waals surface area (Å²) in [6.07, 6.45) is -10.1. The fourth-order valence-corrected chi connectivity index (χ4v) is 2.62. The molecule has 0 aliphatic carbocycles. The molecule has 11 heteroatoms. The molecule has 0 aliphatic rings. The molecule has 162 valence electrons. The Kier molecular flexibility index (Phi) is 6.63. The molecule has 0 bridgehead atoms. The summed E-state index contributed by atoms with van der Waals surface area (Å²) in [7, 11) is 0. The molecule has 2 aromatic rings. The van der Waals surface area contributed by atoms with Crippen LogP contribution in [0.3, 0.4) is 0 Å².